The van der Waals surface area contributed by atoms with Crippen molar-refractivity contribution in [1.82, 2.24) is 15.5 Å². The minimum Gasteiger partial charge on any atom is -0.488 e. The predicted molar refractivity (Wildman–Crippen MR) is 143 cm³/mol. The zero-order valence-corrected chi connectivity index (χ0v) is 22.4. The van der Waals surface area contributed by atoms with E-state index in [0.717, 1.165) is 43.4 Å². The number of hydrogen-bond acceptors (Lipinski definition) is 4. The van der Waals surface area contributed by atoms with Crippen LogP contribution in [0.25, 0.3) is 0 Å². The second-order valence-electron chi connectivity index (χ2n) is 8.80. The number of nitrogens with zero attached hydrogens (tertiary/aromatic N) is 2. The highest BCUT2D eigenvalue weighted by atomic mass is 127. The Balaban J connectivity index is 0.00000363. The van der Waals surface area contributed by atoms with Crippen molar-refractivity contribution in [2.24, 2.45) is 4.99 Å². The fourth-order valence-corrected chi connectivity index (χ4v) is 4.22. The third-order valence-corrected chi connectivity index (χ3v) is 6.05. The molecule has 0 aliphatic carbocycles. The Labute approximate surface area is 211 Å². The van der Waals surface area contributed by atoms with Crippen LogP contribution in [0.5, 0.6) is 5.75 Å². The fraction of sp³-hybridized carbons (Fsp3) is 0.720. The summed E-state index contributed by atoms with van der Waals surface area (Å²) >= 11 is 0. The summed E-state index contributed by atoms with van der Waals surface area (Å²) in [6.45, 7) is 12.0. The molecule has 2 saturated heterocycles. The SMILES string of the molecule is CCNC(=NCc1ccc(C)cc1OC1CCOC1)NCCCCCN1CCCCC1.I. The molecule has 2 heterocycles. The Morgan fingerprint density at radius 1 is 1.16 bits per heavy atom. The lowest BCUT2D eigenvalue weighted by Gasteiger charge is -2.26. The van der Waals surface area contributed by atoms with Gasteiger partial charge in [-0.15, -0.1) is 24.0 Å². The standard InChI is InChI=1S/C25H42N4O2.HI/c1-3-26-25(27-13-6-4-7-14-29-15-8-5-9-16-29)28-19-22-11-10-21(2)18-24(22)31-23-12-17-30-20-23;/h10-11,18,23H,3-9,12-17,19-20H2,1-2H3,(H2,26,27,28);1H. The van der Waals surface area contributed by atoms with Crippen LogP contribution >= 0.6 is 24.0 Å². The molecule has 0 saturated carbocycles. The number of piperidine rings is 1. The van der Waals surface area contributed by atoms with E-state index in [4.69, 9.17) is 14.5 Å². The van der Waals surface area contributed by atoms with Gasteiger partial charge in [-0.1, -0.05) is 25.0 Å². The van der Waals surface area contributed by atoms with Gasteiger partial charge < -0.3 is 25.0 Å². The Morgan fingerprint density at radius 2 is 2.00 bits per heavy atom. The number of guanidine groups is 1. The molecule has 182 valence electrons. The summed E-state index contributed by atoms with van der Waals surface area (Å²) in [6.07, 6.45) is 9.03. The first-order valence-corrected chi connectivity index (χ1v) is 12.3. The van der Waals surface area contributed by atoms with Crippen LogP contribution < -0.4 is 15.4 Å². The molecule has 0 radical (unpaired) electrons. The zero-order valence-electron chi connectivity index (χ0n) is 20.0. The summed E-state index contributed by atoms with van der Waals surface area (Å²) in [5.41, 5.74) is 2.33. The molecule has 2 aliphatic heterocycles. The summed E-state index contributed by atoms with van der Waals surface area (Å²) in [5.74, 6) is 1.82. The topological polar surface area (TPSA) is 58.1 Å². The number of benzene rings is 1. The molecule has 0 amide bonds. The van der Waals surface area contributed by atoms with E-state index >= 15 is 0 Å². The fourth-order valence-electron chi connectivity index (χ4n) is 4.22. The molecule has 1 aromatic carbocycles. The minimum atomic E-state index is 0. The molecule has 0 spiro atoms. The third-order valence-electron chi connectivity index (χ3n) is 6.05. The molecule has 1 atom stereocenters. The van der Waals surface area contributed by atoms with E-state index < -0.39 is 0 Å². The highest BCUT2D eigenvalue weighted by molar-refractivity contribution is 14.0. The van der Waals surface area contributed by atoms with Crippen molar-refractivity contribution in [2.75, 3.05) is 45.9 Å². The number of hydrogen-bond donors (Lipinski definition) is 2. The van der Waals surface area contributed by atoms with Gasteiger partial charge in [0, 0.05) is 25.1 Å². The van der Waals surface area contributed by atoms with E-state index in [1.54, 1.807) is 0 Å². The van der Waals surface area contributed by atoms with E-state index in [9.17, 15) is 0 Å². The van der Waals surface area contributed by atoms with Crippen molar-refractivity contribution in [3.8, 4) is 5.75 Å². The van der Waals surface area contributed by atoms with E-state index in [1.807, 2.05) is 0 Å². The molecule has 1 aromatic rings. The van der Waals surface area contributed by atoms with E-state index in [1.165, 1.54) is 63.7 Å². The number of unbranched alkanes of at least 4 members (excludes halogenated alkanes) is 2. The number of likely N-dealkylation sites (tertiary alicyclic amines) is 1. The molecule has 2 aliphatic rings. The van der Waals surface area contributed by atoms with E-state index in [-0.39, 0.29) is 30.1 Å². The number of ether oxygens (including phenoxy) is 2. The quantitative estimate of drug-likeness (QED) is 0.182. The number of halogens is 1. The normalized spacial score (nSPS) is 19.4. The van der Waals surface area contributed by atoms with Gasteiger partial charge in [0.1, 0.15) is 11.9 Å². The summed E-state index contributed by atoms with van der Waals surface area (Å²) < 4.78 is 11.7. The van der Waals surface area contributed by atoms with Crippen LogP contribution in [0.15, 0.2) is 23.2 Å². The van der Waals surface area contributed by atoms with Crippen molar-refractivity contribution in [2.45, 2.75) is 71.4 Å². The molecule has 2 fully saturated rings. The van der Waals surface area contributed by atoms with Crippen LogP contribution in [0.4, 0.5) is 0 Å². The van der Waals surface area contributed by atoms with Gasteiger partial charge in [-0.3, -0.25) is 0 Å². The van der Waals surface area contributed by atoms with Crippen LogP contribution in [-0.2, 0) is 11.3 Å². The second-order valence-corrected chi connectivity index (χ2v) is 8.80. The Kier molecular flexibility index (Phi) is 13.4. The van der Waals surface area contributed by atoms with Crippen LogP contribution in [0.2, 0.25) is 0 Å². The molecule has 32 heavy (non-hydrogen) atoms. The van der Waals surface area contributed by atoms with Gasteiger partial charge in [0.2, 0.25) is 0 Å². The smallest absolute Gasteiger partial charge is 0.191 e. The van der Waals surface area contributed by atoms with Crippen LogP contribution in [-0.4, -0.2) is 62.9 Å². The molecule has 7 heteroatoms. The molecule has 2 N–H and O–H groups in total. The Bertz CT molecular complexity index is 674. The lowest BCUT2D eigenvalue weighted by molar-refractivity contribution is 0.140. The average molecular weight is 559 g/mol. The van der Waals surface area contributed by atoms with Gasteiger partial charge in [0.15, 0.2) is 5.96 Å². The molecule has 0 aromatic heterocycles. The molecular weight excluding hydrogens is 515 g/mol. The third kappa shape index (κ3) is 9.83. The van der Waals surface area contributed by atoms with E-state index in [0.29, 0.717) is 13.2 Å². The summed E-state index contributed by atoms with van der Waals surface area (Å²) in [5, 5.41) is 6.87. The summed E-state index contributed by atoms with van der Waals surface area (Å²) in [6, 6.07) is 6.38. The maximum absolute atomic E-state index is 6.22. The first kappa shape index (κ1) is 27.2. The average Bonchev–Trinajstić information content (AvgIpc) is 3.29. The van der Waals surface area contributed by atoms with Crippen molar-refractivity contribution in [3.63, 3.8) is 0 Å². The van der Waals surface area contributed by atoms with Crippen molar-refractivity contribution >= 4 is 29.9 Å². The van der Waals surface area contributed by atoms with Crippen LogP contribution in [0, 0.1) is 6.92 Å². The van der Waals surface area contributed by atoms with Crippen LogP contribution in [0.3, 0.4) is 0 Å². The number of rotatable bonds is 11. The van der Waals surface area contributed by atoms with Crippen molar-refractivity contribution < 1.29 is 9.47 Å². The first-order valence-electron chi connectivity index (χ1n) is 12.3. The Morgan fingerprint density at radius 3 is 2.75 bits per heavy atom. The maximum atomic E-state index is 6.22. The number of aryl methyl sites for hydroxylation is 1. The van der Waals surface area contributed by atoms with Crippen molar-refractivity contribution in [1.29, 1.82) is 0 Å². The van der Waals surface area contributed by atoms with Crippen LogP contribution in [0.1, 0.15) is 63.0 Å². The monoisotopic (exact) mass is 558 g/mol. The lowest BCUT2D eigenvalue weighted by Crippen LogP contribution is -2.37. The van der Waals surface area contributed by atoms with Gasteiger partial charge in [-0.2, -0.15) is 0 Å². The lowest BCUT2D eigenvalue weighted by atomic mass is 10.1. The van der Waals surface area contributed by atoms with Gasteiger partial charge in [-0.05, 0) is 70.8 Å². The predicted octanol–water partition coefficient (Wildman–Crippen LogP) is 4.49. The van der Waals surface area contributed by atoms with E-state index in [2.05, 4.69) is 47.6 Å². The highest BCUT2D eigenvalue weighted by Gasteiger charge is 2.18. The number of aliphatic imine (C=N–C) groups is 1. The zero-order chi connectivity index (χ0) is 21.7. The van der Waals surface area contributed by atoms with Crippen molar-refractivity contribution in [3.05, 3.63) is 29.3 Å². The minimum absolute atomic E-state index is 0. The second kappa shape index (κ2) is 15.7. The highest BCUT2D eigenvalue weighted by Crippen LogP contribution is 2.24. The van der Waals surface area contributed by atoms with Gasteiger partial charge in [0.25, 0.3) is 0 Å². The summed E-state index contributed by atoms with van der Waals surface area (Å²) in [7, 11) is 0. The molecule has 6 nitrogen and oxygen atoms in total. The molecule has 0 bridgehead atoms. The summed E-state index contributed by atoms with van der Waals surface area (Å²) in [4.78, 5) is 7.44. The largest absolute Gasteiger partial charge is 0.488 e. The Hall–Kier alpha value is -1.06. The molecule has 1 unspecified atom stereocenters. The molecular formula is C25H43IN4O2. The van der Waals surface area contributed by atoms with Gasteiger partial charge >= 0.3 is 0 Å². The maximum Gasteiger partial charge on any atom is 0.191 e. The first-order chi connectivity index (χ1) is 15.2. The van der Waals surface area contributed by atoms with Gasteiger partial charge in [0.05, 0.1) is 19.8 Å². The molecule has 3 rings (SSSR count). The number of nitrogens with one attached hydrogen (secondary N) is 2. The van der Waals surface area contributed by atoms with Gasteiger partial charge in [-0.25, -0.2) is 4.99 Å².